The lowest BCUT2D eigenvalue weighted by molar-refractivity contribution is -0.128. The second kappa shape index (κ2) is 8.03. The Morgan fingerprint density at radius 1 is 1.23 bits per heavy atom. The normalized spacial score (nSPS) is 11.1. The van der Waals surface area contributed by atoms with Gasteiger partial charge in [0.25, 0.3) is 0 Å². The maximum absolute atomic E-state index is 12.2. The molecule has 0 radical (unpaired) electrons. The van der Waals surface area contributed by atoms with Gasteiger partial charge < -0.3 is 9.64 Å². The molecule has 0 N–H and O–H groups in total. The van der Waals surface area contributed by atoms with E-state index in [1.165, 1.54) is 7.11 Å². The number of ether oxygens (including phenoxy) is 1. The molecule has 0 heterocycles. The Balaban J connectivity index is 2.92. The van der Waals surface area contributed by atoms with E-state index in [2.05, 4.69) is 0 Å². The van der Waals surface area contributed by atoms with Crippen LogP contribution in [0, 0.1) is 0 Å². The predicted octanol–water partition coefficient (Wildman–Crippen LogP) is 1.72. The second-order valence-electron chi connectivity index (χ2n) is 5.14. The zero-order valence-corrected chi connectivity index (χ0v) is 14.4. The number of hydrogen-bond donors (Lipinski definition) is 0. The summed E-state index contributed by atoms with van der Waals surface area (Å²) in [6.07, 6.45) is 2.96. The number of rotatable bonds is 8. The van der Waals surface area contributed by atoms with Crippen molar-refractivity contribution in [2.24, 2.45) is 0 Å². The summed E-state index contributed by atoms with van der Waals surface area (Å²) in [5.41, 5.74) is 0.445. The molecule has 0 saturated carbocycles. The average molecular weight is 328 g/mol. The number of carbonyl (C=O) groups is 1. The molecule has 0 aliphatic rings. The number of benzene rings is 1. The van der Waals surface area contributed by atoms with Crippen LogP contribution in [0.4, 0.5) is 5.69 Å². The van der Waals surface area contributed by atoms with Crippen LogP contribution in [-0.4, -0.2) is 52.7 Å². The van der Waals surface area contributed by atoms with E-state index < -0.39 is 10.0 Å². The molecule has 0 fully saturated rings. The number of hydrogen-bond acceptors (Lipinski definition) is 4. The molecule has 0 atom stereocenters. The molecule has 1 rings (SSSR count). The van der Waals surface area contributed by atoms with Crippen molar-refractivity contribution in [1.29, 1.82) is 0 Å². The van der Waals surface area contributed by atoms with E-state index in [1.807, 2.05) is 6.92 Å². The molecule has 0 aromatic heterocycles. The van der Waals surface area contributed by atoms with Gasteiger partial charge in [-0.15, -0.1) is 0 Å². The quantitative estimate of drug-likeness (QED) is 0.729. The third kappa shape index (κ3) is 5.22. The maximum atomic E-state index is 12.2. The highest BCUT2D eigenvalue weighted by molar-refractivity contribution is 7.92. The van der Waals surface area contributed by atoms with Gasteiger partial charge in [-0.3, -0.25) is 9.10 Å². The molecule has 0 spiro atoms. The van der Waals surface area contributed by atoms with Crippen LogP contribution < -0.4 is 9.04 Å². The summed E-state index contributed by atoms with van der Waals surface area (Å²) in [7, 11) is -0.317. The van der Waals surface area contributed by atoms with Gasteiger partial charge >= 0.3 is 0 Å². The van der Waals surface area contributed by atoms with E-state index in [-0.39, 0.29) is 12.5 Å². The number of anilines is 1. The van der Waals surface area contributed by atoms with Crippen molar-refractivity contribution in [3.8, 4) is 5.75 Å². The zero-order valence-electron chi connectivity index (χ0n) is 13.6. The molecule has 124 valence electrons. The van der Waals surface area contributed by atoms with Crippen molar-refractivity contribution in [2.75, 3.05) is 37.8 Å². The van der Waals surface area contributed by atoms with E-state index in [0.29, 0.717) is 18.0 Å². The van der Waals surface area contributed by atoms with Crippen molar-refractivity contribution in [1.82, 2.24) is 4.90 Å². The van der Waals surface area contributed by atoms with Crippen LogP contribution in [0.25, 0.3) is 0 Å². The smallest absolute Gasteiger partial charge is 0.243 e. The first-order valence-electron chi connectivity index (χ1n) is 7.15. The Bertz CT molecular complexity index is 584. The van der Waals surface area contributed by atoms with Gasteiger partial charge in [0, 0.05) is 13.6 Å². The Kier molecular flexibility index (Phi) is 6.67. The lowest BCUT2D eigenvalue weighted by atomic mass is 10.3. The van der Waals surface area contributed by atoms with Crippen LogP contribution in [0.5, 0.6) is 5.75 Å². The van der Waals surface area contributed by atoms with E-state index in [9.17, 15) is 13.2 Å². The fraction of sp³-hybridized carbons (Fsp3) is 0.533. The minimum absolute atomic E-state index is 0.203. The minimum atomic E-state index is -3.54. The Labute approximate surface area is 132 Å². The standard InChI is InChI=1S/C15H24N2O4S/c1-5-6-11-16(2)15(18)12-17(22(4,19)20)13-7-9-14(21-3)10-8-13/h7-10H,5-6,11-12H2,1-4H3. The fourth-order valence-electron chi connectivity index (χ4n) is 1.91. The number of carbonyl (C=O) groups excluding carboxylic acids is 1. The Morgan fingerprint density at radius 2 is 1.82 bits per heavy atom. The third-order valence-corrected chi connectivity index (χ3v) is 4.45. The van der Waals surface area contributed by atoms with Gasteiger partial charge in [0.15, 0.2) is 0 Å². The van der Waals surface area contributed by atoms with Crippen LogP contribution in [0.2, 0.25) is 0 Å². The Hall–Kier alpha value is -1.76. The summed E-state index contributed by atoms with van der Waals surface area (Å²) < 4.78 is 30.1. The predicted molar refractivity (Wildman–Crippen MR) is 87.7 cm³/mol. The van der Waals surface area contributed by atoms with Gasteiger partial charge in [0.2, 0.25) is 15.9 Å². The molecule has 1 amide bonds. The van der Waals surface area contributed by atoms with Crippen molar-refractivity contribution in [2.45, 2.75) is 19.8 Å². The van der Waals surface area contributed by atoms with Gasteiger partial charge in [-0.25, -0.2) is 8.42 Å². The topological polar surface area (TPSA) is 66.9 Å². The van der Waals surface area contributed by atoms with Crippen LogP contribution in [0.15, 0.2) is 24.3 Å². The van der Waals surface area contributed by atoms with Crippen molar-refractivity contribution >= 4 is 21.6 Å². The lowest BCUT2D eigenvalue weighted by Crippen LogP contribution is -2.41. The van der Waals surface area contributed by atoms with Crippen LogP contribution in [0.1, 0.15) is 19.8 Å². The molecule has 0 bridgehead atoms. The molecular formula is C15H24N2O4S. The van der Waals surface area contributed by atoms with Gasteiger partial charge in [-0.05, 0) is 30.7 Å². The number of likely N-dealkylation sites (N-methyl/N-ethyl adjacent to an activating group) is 1. The molecule has 0 unspecified atom stereocenters. The average Bonchev–Trinajstić information content (AvgIpc) is 2.49. The maximum Gasteiger partial charge on any atom is 0.243 e. The summed E-state index contributed by atoms with van der Waals surface area (Å²) in [6, 6.07) is 6.58. The lowest BCUT2D eigenvalue weighted by Gasteiger charge is -2.25. The molecule has 0 aliphatic carbocycles. The molecule has 0 saturated heterocycles. The number of nitrogens with zero attached hydrogens (tertiary/aromatic N) is 2. The Morgan fingerprint density at radius 3 is 2.27 bits per heavy atom. The van der Waals surface area contributed by atoms with Crippen molar-refractivity contribution < 1.29 is 17.9 Å². The van der Waals surface area contributed by atoms with E-state index in [0.717, 1.165) is 23.4 Å². The summed E-state index contributed by atoms with van der Waals surface area (Å²) in [5.74, 6) is 0.401. The molecule has 7 heteroatoms. The number of sulfonamides is 1. The van der Waals surface area contributed by atoms with Crippen molar-refractivity contribution in [3.63, 3.8) is 0 Å². The van der Waals surface area contributed by atoms with Crippen LogP contribution in [-0.2, 0) is 14.8 Å². The molecule has 22 heavy (non-hydrogen) atoms. The third-order valence-electron chi connectivity index (χ3n) is 3.31. The van der Waals surface area contributed by atoms with Crippen LogP contribution in [0.3, 0.4) is 0 Å². The van der Waals surface area contributed by atoms with Gasteiger partial charge in [0.05, 0.1) is 19.1 Å². The SMILES string of the molecule is CCCCN(C)C(=O)CN(c1ccc(OC)cc1)S(C)(=O)=O. The highest BCUT2D eigenvalue weighted by Gasteiger charge is 2.22. The van der Waals surface area contributed by atoms with Crippen molar-refractivity contribution in [3.05, 3.63) is 24.3 Å². The minimum Gasteiger partial charge on any atom is -0.497 e. The molecular weight excluding hydrogens is 304 g/mol. The number of amides is 1. The van der Waals surface area contributed by atoms with E-state index in [1.54, 1.807) is 36.2 Å². The summed E-state index contributed by atoms with van der Waals surface area (Å²) >= 11 is 0. The molecule has 0 aliphatic heterocycles. The first-order chi connectivity index (χ1) is 10.3. The first kappa shape index (κ1) is 18.3. The largest absolute Gasteiger partial charge is 0.497 e. The first-order valence-corrected chi connectivity index (χ1v) is 9.00. The van der Waals surface area contributed by atoms with Gasteiger partial charge in [0.1, 0.15) is 12.3 Å². The van der Waals surface area contributed by atoms with Crippen LogP contribution >= 0.6 is 0 Å². The molecule has 6 nitrogen and oxygen atoms in total. The van der Waals surface area contributed by atoms with Gasteiger partial charge in [-0.2, -0.15) is 0 Å². The highest BCUT2D eigenvalue weighted by atomic mass is 32.2. The second-order valence-corrected chi connectivity index (χ2v) is 7.04. The summed E-state index contributed by atoms with van der Waals surface area (Å²) in [6.45, 7) is 2.46. The fourth-order valence-corrected chi connectivity index (χ4v) is 2.76. The number of methoxy groups -OCH3 is 1. The summed E-state index contributed by atoms with van der Waals surface area (Å²) in [4.78, 5) is 13.8. The van der Waals surface area contributed by atoms with E-state index >= 15 is 0 Å². The van der Waals surface area contributed by atoms with Gasteiger partial charge in [-0.1, -0.05) is 13.3 Å². The molecule has 1 aromatic carbocycles. The highest BCUT2D eigenvalue weighted by Crippen LogP contribution is 2.21. The zero-order chi connectivity index (χ0) is 16.8. The number of unbranched alkanes of at least 4 members (excludes halogenated alkanes) is 1. The monoisotopic (exact) mass is 328 g/mol. The molecule has 1 aromatic rings. The van der Waals surface area contributed by atoms with E-state index in [4.69, 9.17) is 4.74 Å². The summed E-state index contributed by atoms with van der Waals surface area (Å²) in [5, 5.41) is 0.